The highest BCUT2D eigenvalue weighted by molar-refractivity contribution is 14.0. The minimum atomic E-state index is 0. The largest absolute Gasteiger partial charge is 0.339 e. The molecule has 0 atom stereocenters. The van der Waals surface area contributed by atoms with Gasteiger partial charge in [0.25, 0.3) is 5.24 Å². The van der Waals surface area contributed by atoms with Crippen molar-refractivity contribution in [3.63, 3.8) is 0 Å². The summed E-state index contributed by atoms with van der Waals surface area (Å²) in [6.07, 6.45) is 0. The fourth-order valence-corrected chi connectivity index (χ4v) is 4.74. The molecule has 0 aliphatic rings. The summed E-state index contributed by atoms with van der Waals surface area (Å²) in [5, 5.41) is 0.0388. The van der Waals surface area contributed by atoms with E-state index < -0.39 is 0 Å². The SMILES string of the molecule is CC(C)c1ccc(/N=c2/cc(SC(=O)N(C)C)ss2)cc1.I. The average Bonchev–Trinajstić information content (AvgIpc) is 2.86. The van der Waals surface area contributed by atoms with Crippen LogP contribution in [0.1, 0.15) is 25.3 Å². The van der Waals surface area contributed by atoms with E-state index in [1.54, 1.807) is 39.7 Å². The van der Waals surface area contributed by atoms with Crippen LogP contribution >= 0.6 is 56.4 Å². The number of hydrogen-bond acceptors (Lipinski definition) is 5. The molecule has 120 valence electrons. The monoisotopic (exact) mass is 466 g/mol. The van der Waals surface area contributed by atoms with Crippen molar-refractivity contribution >= 4 is 67.3 Å². The van der Waals surface area contributed by atoms with Crippen LogP contribution in [0.25, 0.3) is 0 Å². The minimum Gasteiger partial charge on any atom is -0.339 e. The second-order valence-electron chi connectivity index (χ2n) is 5.09. The van der Waals surface area contributed by atoms with Gasteiger partial charge >= 0.3 is 0 Å². The van der Waals surface area contributed by atoms with Crippen LogP contribution in [-0.4, -0.2) is 24.2 Å². The molecule has 0 fully saturated rings. The summed E-state index contributed by atoms with van der Waals surface area (Å²) >= 11 is 1.25. The van der Waals surface area contributed by atoms with Crippen molar-refractivity contribution in [2.75, 3.05) is 14.1 Å². The van der Waals surface area contributed by atoms with E-state index in [9.17, 15) is 4.79 Å². The quantitative estimate of drug-likeness (QED) is 0.337. The third-order valence-corrected chi connectivity index (χ3v) is 6.52. The van der Waals surface area contributed by atoms with E-state index in [-0.39, 0.29) is 29.2 Å². The Kier molecular flexibility index (Phi) is 8.09. The van der Waals surface area contributed by atoms with Crippen molar-refractivity contribution in [3.05, 3.63) is 40.6 Å². The smallest absolute Gasteiger partial charge is 0.286 e. The highest BCUT2D eigenvalue weighted by atomic mass is 127. The molecular formula is C15H19IN2OS3. The molecule has 0 spiro atoms. The van der Waals surface area contributed by atoms with Gasteiger partial charge in [-0.2, -0.15) is 0 Å². The number of amides is 1. The summed E-state index contributed by atoms with van der Waals surface area (Å²) in [5.74, 6) is 0.531. The first kappa shape index (κ1) is 19.7. The Bertz CT molecular complexity index is 675. The van der Waals surface area contributed by atoms with Crippen LogP contribution in [0.2, 0.25) is 0 Å². The lowest BCUT2D eigenvalue weighted by atomic mass is 10.0. The minimum absolute atomic E-state index is 0. The molecule has 1 aromatic heterocycles. The van der Waals surface area contributed by atoms with E-state index >= 15 is 0 Å². The predicted octanol–water partition coefficient (Wildman–Crippen LogP) is 5.56. The maximum absolute atomic E-state index is 11.7. The molecule has 0 radical (unpaired) electrons. The van der Waals surface area contributed by atoms with Crippen molar-refractivity contribution in [2.24, 2.45) is 4.99 Å². The first-order valence-corrected chi connectivity index (χ1v) is 9.56. The number of carbonyl (C=O) groups is 1. The number of halogens is 1. The highest BCUT2D eigenvalue weighted by Crippen LogP contribution is 2.26. The first-order chi connectivity index (χ1) is 9.95. The number of rotatable bonds is 3. The molecule has 0 N–H and O–H groups in total. The van der Waals surface area contributed by atoms with Crippen molar-refractivity contribution in [1.82, 2.24) is 4.90 Å². The van der Waals surface area contributed by atoms with Crippen molar-refractivity contribution < 1.29 is 4.79 Å². The number of thioether (sulfide) groups is 1. The van der Waals surface area contributed by atoms with E-state index in [0.717, 1.165) is 14.6 Å². The topological polar surface area (TPSA) is 32.7 Å². The van der Waals surface area contributed by atoms with E-state index in [1.807, 2.05) is 18.2 Å². The van der Waals surface area contributed by atoms with E-state index in [1.165, 1.54) is 17.3 Å². The summed E-state index contributed by atoms with van der Waals surface area (Å²) in [4.78, 5) is 17.8. The molecule has 2 aromatic rings. The van der Waals surface area contributed by atoms with Gasteiger partial charge in [0.2, 0.25) is 0 Å². The molecule has 1 aromatic carbocycles. The van der Waals surface area contributed by atoms with Gasteiger partial charge in [0.05, 0.1) is 9.90 Å². The molecule has 1 heterocycles. The fraction of sp³-hybridized carbons (Fsp3) is 0.333. The first-order valence-electron chi connectivity index (χ1n) is 6.59. The Balaban J connectivity index is 0.00000242. The van der Waals surface area contributed by atoms with Gasteiger partial charge in [0, 0.05) is 14.1 Å². The Morgan fingerprint density at radius 1 is 1.18 bits per heavy atom. The van der Waals surface area contributed by atoms with Crippen LogP contribution in [0.3, 0.4) is 0 Å². The van der Waals surface area contributed by atoms with Crippen LogP contribution in [0.15, 0.2) is 39.5 Å². The van der Waals surface area contributed by atoms with E-state index in [0.29, 0.717) is 5.92 Å². The molecule has 22 heavy (non-hydrogen) atoms. The zero-order valence-electron chi connectivity index (χ0n) is 12.9. The lowest BCUT2D eigenvalue weighted by Crippen LogP contribution is -2.15. The molecule has 7 heteroatoms. The second-order valence-corrected chi connectivity index (χ2v) is 8.53. The summed E-state index contributed by atoms with van der Waals surface area (Å²) < 4.78 is 1.92. The standard InChI is InChI=1S/C15H18N2OS3.HI/c1-10(2)11-5-7-12(8-6-11)16-13-9-14(21-20-13)19-15(18)17(3)4;/h5-10H,1-4H3;1H/b16-13-;. The van der Waals surface area contributed by atoms with E-state index in [2.05, 4.69) is 31.0 Å². The number of carbonyl (C=O) groups excluding carboxylic acids is 1. The van der Waals surface area contributed by atoms with Crippen LogP contribution < -0.4 is 4.67 Å². The molecule has 0 unspecified atom stereocenters. The third kappa shape index (κ3) is 5.68. The van der Waals surface area contributed by atoms with Crippen molar-refractivity contribution in [3.8, 4) is 0 Å². The molecule has 3 nitrogen and oxygen atoms in total. The molecule has 0 saturated carbocycles. The van der Waals surface area contributed by atoms with Gasteiger partial charge < -0.3 is 4.90 Å². The van der Waals surface area contributed by atoms with Crippen molar-refractivity contribution in [1.29, 1.82) is 0 Å². The second kappa shape index (κ2) is 9.05. The molecule has 1 amide bonds. The van der Waals surface area contributed by atoms with Crippen LogP contribution in [-0.2, 0) is 0 Å². The third-order valence-electron chi connectivity index (χ3n) is 2.80. The molecule has 0 saturated heterocycles. The van der Waals surface area contributed by atoms with Crippen molar-refractivity contribution in [2.45, 2.75) is 24.0 Å². The Morgan fingerprint density at radius 2 is 1.82 bits per heavy atom. The number of benzene rings is 1. The van der Waals surface area contributed by atoms with Gasteiger partial charge in [-0.15, -0.1) is 24.0 Å². The normalized spacial score (nSPS) is 11.4. The van der Waals surface area contributed by atoms with Crippen LogP contribution in [0, 0.1) is 0 Å². The molecule has 0 aliphatic heterocycles. The van der Waals surface area contributed by atoms with Crippen LogP contribution in [0.5, 0.6) is 0 Å². The lowest BCUT2D eigenvalue weighted by Gasteiger charge is -2.06. The summed E-state index contributed by atoms with van der Waals surface area (Å²) in [5.41, 5.74) is 2.26. The lowest BCUT2D eigenvalue weighted by molar-refractivity contribution is 0.241. The average molecular weight is 466 g/mol. The number of hydrogen-bond donors (Lipinski definition) is 0. The molecule has 0 bridgehead atoms. The molecular weight excluding hydrogens is 447 g/mol. The predicted molar refractivity (Wildman–Crippen MR) is 108 cm³/mol. The summed E-state index contributed by atoms with van der Waals surface area (Å²) in [6, 6.07) is 10.3. The summed E-state index contributed by atoms with van der Waals surface area (Å²) in [7, 11) is 6.69. The van der Waals surface area contributed by atoms with Gasteiger partial charge in [-0.25, -0.2) is 4.99 Å². The fourth-order valence-electron chi connectivity index (χ4n) is 1.57. The molecule has 0 aliphatic carbocycles. The Hall–Kier alpha value is -0.380. The molecule has 2 rings (SSSR count). The van der Waals surface area contributed by atoms with Gasteiger partial charge in [-0.1, -0.05) is 46.7 Å². The van der Waals surface area contributed by atoms with Gasteiger partial charge in [-0.3, -0.25) is 4.79 Å². The Labute approximate surface area is 159 Å². The van der Waals surface area contributed by atoms with Gasteiger partial charge in [0.15, 0.2) is 0 Å². The highest BCUT2D eigenvalue weighted by Gasteiger charge is 2.08. The van der Waals surface area contributed by atoms with Gasteiger partial charge in [0.1, 0.15) is 4.67 Å². The number of nitrogens with zero attached hydrogens (tertiary/aromatic N) is 2. The van der Waals surface area contributed by atoms with Gasteiger partial charge in [-0.05, 0) is 41.4 Å². The summed E-state index contributed by atoms with van der Waals surface area (Å²) in [6.45, 7) is 4.36. The Morgan fingerprint density at radius 3 is 2.36 bits per heavy atom. The maximum atomic E-state index is 11.7. The zero-order chi connectivity index (χ0) is 15.4. The van der Waals surface area contributed by atoms with E-state index in [4.69, 9.17) is 0 Å². The van der Waals surface area contributed by atoms with Crippen LogP contribution in [0.4, 0.5) is 10.5 Å². The zero-order valence-corrected chi connectivity index (χ0v) is 17.7. The maximum Gasteiger partial charge on any atom is 0.286 e.